The molecule has 0 radical (unpaired) electrons. The Bertz CT molecular complexity index is 934. The summed E-state index contributed by atoms with van der Waals surface area (Å²) >= 11 is 5.83. The standard InChI is InChI=1S/C15H12ClF2NO5S/c1-23-12-4-3-8(16)5-14(12)24-13-7-10(17)9(6-11(13)18)15(20)19-25(2,21)22/h3-7H,1-2H3,(H,19,20). The minimum absolute atomic E-state index is 0.0293. The van der Waals surface area contributed by atoms with E-state index in [0.29, 0.717) is 18.4 Å². The lowest BCUT2D eigenvalue weighted by atomic mass is 10.2. The minimum atomic E-state index is -3.92. The van der Waals surface area contributed by atoms with Crippen LogP contribution >= 0.6 is 11.6 Å². The van der Waals surface area contributed by atoms with Gasteiger partial charge in [-0.05, 0) is 18.2 Å². The number of methoxy groups -OCH3 is 1. The summed E-state index contributed by atoms with van der Waals surface area (Å²) < 4.78 is 62.1. The Kier molecular flexibility index (Phi) is 5.48. The predicted octanol–water partition coefficient (Wildman–Crippen LogP) is 3.11. The fourth-order valence-corrected chi connectivity index (χ4v) is 2.46. The van der Waals surface area contributed by atoms with Crippen LogP contribution in [0.3, 0.4) is 0 Å². The van der Waals surface area contributed by atoms with E-state index < -0.39 is 38.9 Å². The van der Waals surface area contributed by atoms with Gasteiger partial charge in [0.25, 0.3) is 5.91 Å². The Labute approximate surface area is 147 Å². The monoisotopic (exact) mass is 391 g/mol. The highest BCUT2D eigenvalue weighted by Crippen LogP contribution is 2.35. The first kappa shape index (κ1) is 18.9. The van der Waals surface area contributed by atoms with E-state index in [-0.39, 0.29) is 16.5 Å². The number of sulfonamides is 1. The molecule has 2 rings (SSSR count). The largest absolute Gasteiger partial charge is 0.493 e. The van der Waals surface area contributed by atoms with Gasteiger partial charge in [0.05, 0.1) is 18.9 Å². The Hall–Kier alpha value is -2.39. The number of halogens is 3. The second-order valence-corrected chi connectivity index (χ2v) is 7.05. The van der Waals surface area contributed by atoms with E-state index in [1.165, 1.54) is 25.3 Å². The summed E-state index contributed by atoms with van der Waals surface area (Å²) in [4.78, 5) is 11.7. The van der Waals surface area contributed by atoms with Crippen molar-refractivity contribution in [3.8, 4) is 17.2 Å². The van der Waals surface area contributed by atoms with Crippen molar-refractivity contribution in [2.75, 3.05) is 13.4 Å². The number of carbonyl (C=O) groups is 1. The summed E-state index contributed by atoms with van der Waals surface area (Å²) in [5, 5.41) is 0.279. The molecule has 6 nitrogen and oxygen atoms in total. The third-order valence-electron chi connectivity index (χ3n) is 2.89. The molecule has 0 aliphatic heterocycles. The number of hydrogen-bond donors (Lipinski definition) is 1. The molecule has 0 bridgehead atoms. The first-order valence-corrected chi connectivity index (χ1v) is 8.90. The zero-order chi connectivity index (χ0) is 18.8. The van der Waals surface area contributed by atoms with Crippen LogP contribution in [-0.2, 0) is 10.0 Å². The maximum absolute atomic E-state index is 14.2. The number of rotatable bonds is 5. The normalized spacial score (nSPS) is 11.1. The molecule has 1 amide bonds. The highest BCUT2D eigenvalue weighted by Gasteiger charge is 2.20. The fourth-order valence-electron chi connectivity index (χ4n) is 1.85. The minimum Gasteiger partial charge on any atom is -0.493 e. The van der Waals surface area contributed by atoms with Crippen molar-refractivity contribution in [3.63, 3.8) is 0 Å². The van der Waals surface area contributed by atoms with E-state index in [9.17, 15) is 22.0 Å². The van der Waals surface area contributed by atoms with Crippen molar-refractivity contribution in [1.29, 1.82) is 0 Å². The van der Waals surface area contributed by atoms with E-state index in [4.69, 9.17) is 21.1 Å². The predicted molar refractivity (Wildman–Crippen MR) is 86.7 cm³/mol. The first-order valence-electron chi connectivity index (χ1n) is 6.63. The van der Waals surface area contributed by atoms with Crippen LogP contribution in [-0.4, -0.2) is 27.7 Å². The molecule has 0 aliphatic rings. The van der Waals surface area contributed by atoms with E-state index in [2.05, 4.69) is 0 Å². The second kappa shape index (κ2) is 7.24. The second-order valence-electron chi connectivity index (χ2n) is 4.86. The highest BCUT2D eigenvalue weighted by atomic mass is 35.5. The van der Waals surface area contributed by atoms with Gasteiger partial charge in [-0.15, -0.1) is 0 Å². The third-order valence-corrected chi connectivity index (χ3v) is 3.68. The quantitative estimate of drug-likeness (QED) is 0.847. The summed E-state index contributed by atoms with van der Waals surface area (Å²) in [5.74, 6) is -3.83. The van der Waals surface area contributed by atoms with Crippen LogP contribution in [0.15, 0.2) is 30.3 Å². The molecule has 0 saturated carbocycles. The number of hydrogen-bond acceptors (Lipinski definition) is 5. The number of benzene rings is 2. The van der Waals surface area contributed by atoms with E-state index in [0.717, 1.165) is 0 Å². The molecule has 0 aromatic heterocycles. The summed E-state index contributed by atoms with van der Waals surface area (Å²) in [6.07, 6.45) is 0.710. The van der Waals surface area contributed by atoms with E-state index in [1.54, 1.807) is 4.72 Å². The van der Waals surface area contributed by atoms with Crippen LogP contribution in [0.1, 0.15) is 10.4 Å². The Balaban J connectivity index is 2.38. The summed E-state index contributed by atoms with van der Waals surface area (Å²) in [6.45, 7) is 0. The topological polar surface area (TPSA) is 81.7 Å². The van der Waals surface area contributed by atoms with Crippen LogP contribution in [0.5, 0.6) is 17.2 Å². The molecule has 0 aliphatic carbocycles. The molecule has 0 saturated heterocycles. The van der Waals surface area contributed by atoms with Crippen molar-refractivity contribution in [2.24, 2.45) is 0 Å². The van der Waals surface area contributed by atoms with Gasteiger partial charge in [0.15, 0.2) is 23.1 Å². The average Bonchev–Trinajstić information content (AvgIpc) is 2.49. The molecule has 0 fully saturated rings. The molecule has 0 unspecified atom stereocenters. The molecule has 1 N–H and O–H groups in total. The number of nitrogens with one attached hydrogen (secondary N) is 1. The molecule has 10 heteroatoms. The molecule has 0 atom stereocenters. The maximum Gasteiger partial charge on any atom is 0.267 e. The molecule has 134 valence electrons. The lowest BCUT2D eigenvalue weighted by molar-refractivity contribution is 0.0977. The van der Waals surface area contributed by atoms with Crippen molar-refractivity contribution in [1.82, 2.24) is 4.72 Å². The summed E-state index contributed by atoms with van der Waals surface area (Å²) in [5.41, 5.74) is -0.784. The van der Waals surface area contributed by atoms with Gasteiger partial charge >= 0.3 is 0 Å². The molecular weight excluding hydrogens is 380 g/mol. The van der Waals surface area contributed by atoms with Crippen LogP contribution in [0, 0.1) is 11.6 Å². The van der Waals surface area contributed by atoms with Crippen molar-refractivity contribution < 1.29 is 31.5 Å². The van der Waals surface area contributed by atoms with Crippen LogP contribution < -0.4 is 14.2 Å². The Morgan fingerprint density at radius 3 is 2.36 bits per heavy atom. The summed E-state index contributed by atoms with van der Waals surface area (Å²) in [7, 11) is -2.57. The van der Waals surface area contributed by atoms with Gasteiger partial charge in [0.1, 0.15) is 5.82 Å². The molecule has 0 heterocycles. The Morgan fingerprint density at radius 1 is 1.08 bits per heavy atom. The van der Waals surface area contributed by atoms with Gasteiger partial charge < -0.3 is 9.47 Å². The SMILES string of the molecule is COc1ccc(Cl)cc1Oc1cc(F)c(C(=O)NS(C)(=O)=O)cc1F. The van der Waals surface area contributed by atoms with Gasteiger partial charge in [-0.2, -0.15) is 0 Å². The lowest BCUT2D eigenvalue weighted by Crippen LogP contribution is -2.30. The lowest BCUT2D eigenvalue weighted by Gasteiger charge is -2.12. The average molecular weight is 392 g/mol. The van der Waals surface area contributed by atoms with Crippen molar-refractivity contribution in [2.45, 2.75) is 0 Å². The first-order chi connectivity index (χ1) is 11.6. The smallest absolute Gasteiger partial charge is 0.267 e. The van der Waals surface area contributed by atoms with Crippen molar-refractivity contribution >= 4 is 27.5 Å². The van der Waals surface area contributed by atoms with Crippen molar-refractivity contribution in [3.05, 3.63) is 52.6 Å². The molecule has 2 aromatic carbocycles. The van der Waals surface area contributed by atoms with Gasteiger partial charge in [-0.3, -0.25) is 4.79 Å². The van der Waals surface area contributed by atoms with Gasteiger partial charge in [0, 0.05) is 17.2 Å². The van der Waals surface area contributed by atoms with Crippen LogP contribution in [0.2, 0.25) is 5.02 Å². The third kappa shape index (κ3) is 4.80. The molecule has 2 aromatic rings. The zero-order valence-corrected chi connectivity index (χ0v) is 14.5. The summed E-state index contributed by atoms with van der Waals surface area (Å²) in [6, 6.07) is 5.47. The highest BCUT2D eigenvalue weighted by molar-refractivity contribution is 7.89. The van der Waals surface area contributed by atoms with Crippen LogP contribution in [0.25, 0.3) is 0 Å². The maximum atomic E-state index is 14.2. The fraction of sp³-hybridized carbons (Fsp3) is 0.133. The van der Waals surface area contributed by atoms with Gasteiger partial charge in [0.2, 0.25) is 10.0 Å². The van der Waals surface area contributed by atoms with Gasteiger partial charge in [-0.25, -0.2) is 21.9 Å². The van der Waals surface area contributed by atoms with E-state index in [1.807, 2.05) is 0 Å². The van der Waals surface area contributed by atoms with E-state index >= 15 is 0 Å². The molecule has 0 spiro atoms. The molecule has 25 heavy (non-hydrogen) atoms. The number of carbonyl (C=O) groups excluding carboxylic acids is 1. The number of ether oxygens (including phenoxy) is 2. The number of amides is 1. The molecular formula is C15H12ClF2NO5S. The Morgan fingerprint density at radius 2 is 1.76 bits per heavy atom. The van der Waals surface area contributed by atoms with Crippen LogP contribution in [0.4, 0.5) is 8.78 Å². The zero-order valence-electron chi connectivity index (χ0n) is 13.0. The van der Waals surface area contributed by atoms with Gasteiger partial charge in [-0.1, -0.05) is 11.6 Å².